The molecule has 2 aromatic rings. The van der Waals surface area contributed by atoms with E-state index < -0.39 is 10.0 Å². The number of fused-ring (bicyclic) bond motifs is 1. The minimum absolute atomic E-state index is 0.0496. The van der Waals surface area contributed by atoms with Crippen molar-refractivity contribution in [3.63, 3.8) is 0 Å². The van der Waals surface area contributed by atoms with Crippen molar-refractivity contribution in [3.8, 4) is 11.6 Å². The van der Waals surface area contributed by atoms with E-state index in [2.05, 4.69) is 38.9 Å². The van der Waals surface area contributed by atoms with Crippen LogP contribution in [0.15, 0.2) is 42.6 Å². The lowest BCUT2D eigenvalue weighted by atomic mass is 10.0. The van der Waals surface area contributed by atoms with Gasteiger partial charge in [0.15, 0.2) is 11.9 Å². The Kier molecular flexibility index (Phi) is 5.52. The van der Waals surface area contributed by atoms with Gasteiger partial charge in [-0.3, -0.25) is 4.90 Å². The smallest absolute Gasteiger partial charge is 0.257 e. The fourth-order valence-electron chi connectivity index (χ4n) is 3.68. The number of nitrogens with zero attached hydrogens (tertiary/aromatic N) is 2. The molecule has 0 spiro atoms. The Hall–Kier alpha value is -2.16. The third kappa shape index (κ3) is 4.81. The van der Waals surface area contributed by atoms with Crippen LogP contribution in [-0.2, 0) is 16.6 Å². The lowest BCUT2D eigenvalue weighted by Crippen LogP contribution is -2.43. The van der Waals surface area contributed by atoms with E-state index in [9.17, 15) is 8.42 Å². The highest BCUT2D eigenvalue weighted by molar-refractivity contribution is 7.88. The largest absolute Gasteiger partial charge is 0.484 e. The normalized spacial score (nSPS) is 20.8. The van der Waals surface area contributed by atoms with Crippen LogP contribution in [0, 0.1) is 0 Å². The molecule has 1 N–H and O–H groups in total. The van der Waals surface area contributed by atoms with Crippen LogP contribution in [0.3, 0.4) is 0 Å². The van der Waals surface area contributed by atoms with E-state index in [0.717, 1.165) is 38.0 Å². The van der Waals surface area contributed by atoms with Gasteiger partial charge in [0, 0.05) is 31.9 Å². The molecule has 1 unspecified atom stereocenters. The maximum atomic E-state index is 11.4. The average molecular weight is 404 g/mol. The van der Waals surface area contributed by atoms with Gasteiger partial charge in [-0.15, -0.1) is 0 Å². The van der Waals surface area contributed by atoms with Crippen molar-refractivity contribution >= 4 is 10.0 Å². The molecule has 150 valence electrons. The zero-order valence-corrected chi connectivity index (χ0v) is 16.7. The maximum Gasteiger partial charge on any atom is 0.257 e. The summed E-state index contributed by atoms with van der Waals surface area (Å²) in [5.74, 6) is 1.22. The summed E-state index contributed by atoms with van der Waals surface area (Å²) in [6, 6.07) is 12.1. The van der Waals surface area contributed by atoms with Gasteiger partial charge in [0.2, 0.25) is 10.0 Å². The molecule has 28 heavy (non-hydrogen) atoms. The molecular weight excluding hydrogens is 378 g/mol. The second-order valence-corrected chi connectivity index (χ2v) is 9.19. The predicted octanol–water partition coefficient (Wildman–Crippen LogP) is 2.11. The SMILES string of the molecule is CS(=O)(=O)NC1CCN(Cc2ccc(C3COc4cccnc4O3)cc2)CC1. The van der Waals surface area contributed by atoms with Gasteiger partial charge in [-0.2, -0.15) is 0 Å². The number of rotatable bonds is 5. The van der Waals surface area contributed by atoms with E-state index in [1.54, 1.807) is 6.20 Å². The molecule has 2 aliphatic heterocycles. The molecule has 1 aromatic carbocycles. The molecule has 3 heterocycles. The molecule has 0 radical (unpaired) electrons. The first-order chi connectivity index (χ1) is 13.5. The summed E-state index contributed by atoms with van der Waals surface area (Å²) in [5.41, 5.74) is 2.30. The highest BCUT2D eigenvalue weighted by atomic mass is 32.2. The van der Waals surface area contributed by atoms with Gasteiger partial charge in [-0.25, -0.2) is 18.1 Å². The molecule has 1 saturated heterocycles. The lowest BCUT2D eigenvalue weighted by Gasteiger charge is -2.32. The molecular formula is C20H25N3O4S. The zero-order chi connectivity index (χ0) is 19.6. The first kappa shape index (κ1) is 19.2. The summed E-state index contributed by atoms with van der Waals surface area (Å²) < 4.78 is 37.1. The van der Waals surface area contributed by atoms with Gasteiger partial charge < -0.3 is 9.47 Å². The fourth-order valence-corrected chi connectivity index (χ4v) is 4.52. The van der Waals surface area contributed by atoms with Crippen LogP contribution in [0.2, 0.25) is 0 Å². The summed E-state index contributed by atoms with van der Waals surface area (Å²) in [5, 5.41) is 0. The number of sulfonamides is 1. The van der Waals surface area contributed by atoms with Gasteiger partial charge >= 0.3 is 0 Å². The van der Waals surface area contributed by atoms with Crippen LogP contribution >= 0.6 is 0 Å². The summed E-state index contributed by atoms with van der Waals surface area (Å²) in [6.45, 7) is 3.10. The van der Waals surface area contributed by atoms with Gasteiger partial charge in [0.25, 0.3) is 5.88 Å². The molecule has 1 atom stereocenters. The van der Waals surface area contributed by atoms with Crippen LogP contribution < -0.4 is 14.2 Å². The van der Waals surface area contributed by atoms with Crippen LogP contribution in [0.4, 0.5) is 0 Å². The zero-order valence-electron chi connectivity index (χ0n) is 15.9. The number of ether oxygens (including phenoxy) is 2. The maximum absolute atomic E-state index is 11.4. The number of piperidine rings is 1. The average Bonchev–Trinajstić information content (AvgIpc) is 2.69. The first-order valence-corrected chi connectivity index (χ1v) is 11.4. The standard InChI is InChI=1S/C20H25N3O4S/c1-28(24,25)22-17-8-11-23(12-9-17)13-15-4-6-16(7-5-15)19-14-26-18-3-2-10-21-20(18)27-19/h2-7,10,17,19,22H,8-9,11-14H2,1H3. The minimum atomic E-state index is -3.13. The minimum Gasteiger partial charge on any atom is -0.484 e. The summed E-state index contributed by atoms with van der Waals surface area (Å²) in [4.78, 5) is 6.58. The third-order valence-corrected chi connectivity index (χ3v) is 5.87. The quantitative estimate of drug-likeness (QED) is 0.824. The van der Waals surface area contributed by atoms with Crippen LogP contribution in [0.5, 0.6) is 11.6 Å². The number of likely N-dealkylation sites (tertiary alicyclic amines) is 1. The Morgan fingerprint density at radius 1 is 1.18 bits per heavy atom. The van der Waals surface area contributed by atoms with Crippen molar-refractivity contribution < 1.29 is 17.9 Å². The van der Waals surface area contributed by atoms with Crippen LogP contribution in [-0.4, -0.2) is 50.3 Å². The van der Waals surface area contributed by atoms with E-state index in [1.165, 1.54) is 11.8 Å². The van der Waals surface area contributed by atoms with E-state index in [4.69, 9.17) is 9.47 Å². The predicted molar refractivity (Wildman–Crippen MR) is 106 cm³/mol. The Labute approximate surface area is 165 Å². The number of aromatic nitrogens is 1. The summed E-state index contributed by atoms with van der Waals surface area (Å²) >= 11 is 0. The van der Waals surface area contributed by atoms with Gasteiger partial charge in [-0.05, 0) is 36.1 Å². The van der Waals surface area contributed by atoms with Crippen molar-refractivity contribution in [2.45, 2.75) is 31.5 Å². The molecule has 0 saturated carbocycles. The number of pyridine rings is 1. The monoisotopic (exact) mass is 403 g/mol. The fraction of sp³-hybridized carbons (Fsp3) is 0.450. The molecule has 7 nitrogen and oxygen atoms in total. The molecule has 0 amide bonds. The third-order valence-electron chi connectivity index (χ3n) is 5.11. The molecule has 1 fully saturated rings. The van der Waals surface area contributed by atoms with E-state index in [1.807, 2.05) is 12.1 Å². The molecule has 2 aliphatic rings. The highest BCUT2D eigenvalue weighted by Crippen LogP contribution is 2.34. The molecule has 1 aromatic heterocycles. The molecule has 0 bridgehead atoms. The summed E-state index contributed by atoms with van der Waals surface area (Å²) in [7, 11) is -3.13. The second-order valence-electron chi connectivity index (χ2n) is 7.41. The highest BCUT2D eigenvalue weighted by Gasteiger charge is 2.24. The van der Waals surface area contributed by atoms with Crippen molar-refractivity contribution in [2.75, 3.05) is 26.0 Å². The van der Waals surface area contributed by atoms with E-state index in [-0.39, 0.29) is 12.1 Å². The Balaban J connectivity index is 1.31. The van der Waals surface area contributed by atoms with Gasteiger partial charge in [0.1, 0.15) is 6.61 Å². The first-order valence-electron chi connectivity index (χ1n) is 9.49. The number of nitrogens with one attached hydrogen (secondary N) is 1. The Bertz CT molecular complexity index is 909. The van der Waals surface area contributed by atoms with Gasteiger partial charge in [-0.1, -0.05) is 24.3 Å². The molecule has 8 heteroatoms. The van der Waals surface area contributed by atoms with Gasteiger partial charge in [0.05, 0.1) is 6.26 Å². The van der Waals surface area contributed by atoms with Crippen LogP contribution in [0.25, 0.3) is 0 Å². The van der Waals surface area contributed by atoms with E-state index in [0.29, 0.717) is 18.2 Å². The number of hydrogen-bond donors (Lipinski definition) is 1. The molecule has 4 rings (SSSR count). The van der Waals surface area contributed by atoms with E-state index >= 15 is 0 Å². The second kappa shape index (κ2) is 8.06. The van der Waals surface area contributed by atoms with Crippen molar-refractivity contribution in [1.82, 2.24) is 14.6 Å². The number of benzene rings is 1. The Morgan fingerprint density at radius 2 is 1.93 bits per heavy atom. The van der Waals surface area contributed by atoms with Crippen molar-refractivity contribution in [3.05, 3.63) is 53.7 Å². The summed E-state index contributed by atoms with van der Waals surface area (Å²) in [6.07, 6.45) is 4.43. The number of hydrogen-bond acceptors (Lipinski definition) is 6. The van der Waals surface area contributed by atoms with Crippen LogP contribution in [0.1, 0.15) is 30.1 Å². The lowest BCUT2D eigenvalue weighted by molar-refractivity contribution is 0.0850. The topological polar surface area (TPSA) is 80.8 Å². The Morgan fingerprint density at radius 3 is 2.64 bits per heavy atom. The van der Waals surface area contributed by atoms with Crippen molar-refractivity contribution in [2.24, 2.45) is 0 Å². The molecule has 0 aliphatic carbocycles. The van der Waals surface area contributed by atoms with Crippen molar-refractivity contribution in [1.29, 1.82) is 0 Å².